The Hall–Kier alpha value is -0.910. The highest BCUT2D eigenvalue weighted by molar-refractivity contribution is 9.10. The Morgan fingerprint density at radius 1 is 1.50 bits per heavy atom. The van der Waals surface area contributed by atoms with Gasteiger partial charge in [-0.1, -0.05) is 6.42 Å². The van der Waals surface area contributed by atoms with Crippen molar-refractivity contribution < 1.29 is 14.6 Å². The van der Waals surface area contributed by atoms with Crippen LogP contribution in [-0.4, -0.2) is 48.6 Å². The molecule has 0 aliphatic heterocycles. The van der Waals surface area contributed by atoms with Gasteiger partial charge < -0.3 is 9.84 Å². The summed E-state index contributed by atoms with van der Waals surface area (Å²) in [6.07, 6.45) is 3.47. The molecule has 4 nitrogen and oxygen atoms in total. The maximum atomic E-state index is 12.3. The molecule has 0 bridgehead atoms. The van der Waals surface area contributed by atoms with Crippen molar-refractivity contribution >= 4 is 21.7 Å². The quantitative estimate of drug-likeness (QED) is 0.774. The Labute approximate surface area is 127 Å². The average Bonchev–Trinajstić information content (AvgIpc) is 2.36. The van der Waals surface area contributed by atoms with Crippen LogP contribution in [0.4, 0.5) is 0 Å². The molecule has 0 unspecified atom stereocenters. The number of aliphatic hydroxyl groups excluding tert-OH is 1. The predicted molar refractivity (Wildman–Crippen MR) is 81.3 cm³/mol. The summed E-state index contributed by atoms with van der Waals surface area (Å²) in [5, 5.41) is 9.12. The number of carbonyl (C=O) groups excluding carboxylic acids is 1. The van der Waals surface area contributed by atoms with Gasteiger partial charge in [0, 0.05) is 18.2 Å². The zero-order valence-electron chi connectivity index (χ0n) is 11.6. The van der Waals surface area contributed by atoms with E-state index in [1.54, 1.807) is 25.3 Å². The molecular formula is C15H20BrNO3. The van der Waals surface area contributed by atoms with Crippen LogP contribution in [0.25, 0.3) is 0 Å². The highest BCUT2D eigenvalue weighted by Gasteiger charge is 2.26. The predicted octanol–water partition coefficient (Wildman–Crippen LogP) is 2.49. The minimum absolute atomic E-state index is 0.0775. The fourth-order valence-electron chi connectivity index (χ4n) is 2.39. The standard InChI is InChI=1S/C15H20BrNO3/c1-20-15-6-5-11(9-13(15)16)14(19)10-17(7-8-18)12-3-2-4-12/h5-6,9,12,18H,2-4,7-8,10H2,1H3. The number of hydrogen-bond donors (Lipinski definition) is 1. The third-order valence-corrected chi connectivity index (χ3v) is 4.42. The van der Waals surface area contributed by atoms with E-state index in [2.05, 4.69) is 20.8 Å². The first-order chi connectivity index (χ1) is 9.65. The largest absolute Gasteiger partial charge is 0.496 e. The highest BCUT2D eigenvalue weighted by atomic mass is 79.9. The van der Waals surface area contributed by atoms with E-state index in [1.165, 1.54) is 6.42 Å². The molecule has 1 aromatic carbocycles. The third kappa shape index (κ3) is 3.59. The summed E-state index contributed by atoms with van der Waals surface area (Å²) in [7, 11) is 1.60. The van der Waals surface area contributed by atoms with E-state index >= 15 is 0 Å². The zero-order valence-corrected chi connectivity index (χ0v) is 13.2. The van der Waals surface area contributed by atoms with Gasteiger partial charge >= 0.3 is 0 Å². The lowest BCUT2D eigenvalue weighted by molar-refractivity contribution is 0.0747. The topological polar surface area (TPSA) is 49.8 Å². The monoisotopic (exact) mass is 341 g/mol. The number of hydrogen-bond acceptors (Lipinski definition) is 4. The average molecular weight is 342 g/mol. The SMILES string of the molecule is COc1ccc(C(=O)CN(CCO)C2CCC2)cc1Br. The number of nitrogens with zero attached hydrogens (tertiary/aromatic N) is 1. The number of methoxy groups -OCH3 is 1. The Balaban J connectivity index is 2.04. The molecule has 1 N–H and O–H groups in total. The van der Waals surface area contributed by atoms with Gasteiger partial charge in [0.25, 0.3) is 0 Å². The zero-order chi connectivity index (χ0) is 14.5. The maximum Gasteiger partial charge on any atom is 0.176 e. The van der Waals surface area contributed by atoms with Gasteiger partial charge in [-0.3, -0.25) is 9.69 Å². The summed E-state index contributed by atoms with van der Waals surface area (Å²) in [6, 6.07) is 5.81. The molecule has 0 spiro atoms. The van der Waals surface area contributed by atoms with Crippen LogP contribution in [0.1, 0.15) is 29.6 Å². The number of rotatable bonds is 7. The van der Waals surface area contributed by atoms with Crippen molar-refractivity contribution in [1.82, 2.24) is 4.90 Å². The number of ether oxygens (including phenoxy) is 1. The molecule has 1 aliphatic carbocycles. The molecule has 1 aliphatic rings. The van der Waals surface area contributed by atoms with Crippen LogP contribution in [0.15, 0.2) is 22.7 Å². The van der Waals surface area contributed by atoms with E-state index in [9.17, 15) is 4.79 Å². The summed E-state index contributed by atoms with van der Waals surface area (Å²) < 4.78 is 5.94. The molecule has 0 radical (unpaired) electrons. The molecule has 0 aromatic heterocycles. The van der Waals surface area contributed by atoms with Gasteiger partial charge in [-0.25, -0.2) is 0 Å². The molecule has 110 valence electrons. The molecule has 0 heterocycles. The Morgan fingerprint density at radius 2 is 2.25 bits per heavy atom. The van der Waals surface area contributed by atoms with Crippen molar-refractivity contribution in [3.8, 4) is 5.75 Å². The van der Waals surface area contributed by atoms with Crippen LogP contribution in [0, 0.1) is 0 Å². The first kappa shape index (κ1) is 15.5. The molecule has 1 fully saturated rings. The number of ketones is 1. The van der Waals surface area contributed by atoms with Gasteiger partial charge in [0.15, 0.2) is 5.78 Å². The van der Waals surface area contributed by atoms with Crippen LogP contribution in [-0.2, 0) is 0 Å². The molecule has 20 heavy (non-hydrogen) atoms. The second-order valence-corrected chi connectivity index (χ2v) is 5.91. The number of benzene rings is 1. The smallest absolute Gasteiger partial charge is 0.176 e. The lowest BCUT2D eigenvalue weighted by Crippen LogP contribution is -2.44. The van der Waals surface area contributed by atoms with Gasteiger partial charge in [0.1, 0.15) is 5.75 Å². The van der Waals surface area contributed by atoms with Crippen molar-refractivity contribution in [2.75, 3.05) is 26.8 Å². The van der Waals surface area contributed by atoms with E-state index in [-0.39, 0.29) is 12.4 Å². The highest BCUT2D eigenvalue weighted by Crippen LogP contribution is 2.27. The Morgan fingerprint density at radius 3 is 2.75 bits per heavy atom. The lowest BCUT2D eigenvalue weighted by Gasteiger charge is -2.36. The van der Waals surface area contributed by atoms with E-state index < -0.39 is 0 Å². The van der Waals surface area contributed by atoms with Crippen molar-refractivity contribution in [3.05, 3.63) is 28.2 Å². The van der Waals surface area contributed by atoms with Gasteiger partial charge in [-0.15, -0.1) is 0 Å². The van der Waals surface area contributed by atoms with Gasteiger partial charge in [-0.2, -0.15) is 0 Å². The summed E-state index contributed by atoms with van der Waals surface area (Å²) >= 11 is 3.40. The van der Waals surface area contributed by atoms with Crippen LogP contribution in [0.2, 0.25) is 0 Å². The minimum atomic E-state index is 0.0775. The molecule has 0 saturated heterocycles. The van der Waals surface area contributed by atoms with Gasteiger partial charge in [-0.05, 0) is 47.0 Å². The number of aliphatic hydroxyl groups is 1. The normalized spacial score (nSPS) is 15.2. The fraction of sp³-hybridized carbons (Fsp3) is 0.533. The molecule has 1 aromatic rings. The molecule has 0 amide bonds. The summed E-state index contributed by atoms with van der Waals surface area (Å²) in [4.78, 5) is 14.4. The Bertz CT molecular complexity index is 474. The summed E-state index contributed by atoms with van der Waals surface area (Å²) in [5.41, 5.74) is 0.667. The first-order valence-corrected chi connectivity index (χ1v) is 7.66. The minimum Gasteiger partial charge on any atom is -0.496 e. The van der Waals surface area contributed by atoms with Crippen molar-refractivity contribution in [2.45, 2.75) is 25.3 Å². The van der Waals surface area contributed by atoms with Crippen LogP contribution in [0.3, 0.4) is 0 Å². The van der Waals surface area contributed by atoms with E-state index in [0.29, 0.717) is 30.4 Å². The Kier molecular flexibility index (Phi) is 5.57. The second kappa shape index (κ2) is 7.20. The van der Waals surface area contributed by atoms with Crippen molar-refractivity contribution in [2.24, 2.45) is 0 Å². The van der Waals surface area contributed by atoms with Crippen molar-refractivity contribution in [1.29, 1.82) is 0 Å². The number of Topliss-reactive ketones (excluding diaryl/α,β-unsaturated/α-hetero) is 1. The molecule has 0 atom stereocenters. The summed E-state index contributed by atoms with van der Waals surface area (Å²) in [5.74, 6) is 0.793. The van der Waals surface area contributed by atoms with E-state index in [0.717, 1.165) is 17.3 Å². The van der Waals surface area contributed by atoms with Gasteiger partial charge in [0.05, 0.1) is 24.7 Å². The second-order valence-electron chi connectivity index (χ2n) is 5.05. The summed E-state index contributed by atoms with van der Waals surface area (Å²) in [6.45, 7) is 1.02. The first-order valence-electron chi connectivity index (χ1n) is 6.87. The number of halogens is 1. The van der Waals surface area contributed by atoms with E-state index in [4.69, 9.17) is 9.84 Å². The molecule has 5 heteroatoms. The molecule has 1 saturated carbocycles. The number of carbonyl (C=O) groups is 1. The molecular weight excluding hydrogens is 322 g/mol. The van der Waals surface area contributed by atoms with E-state index in [1.807, 2.05) is 0 Å². The van der Waals surface area contributed by atoms with Crippen LogP contribution in [0.5, 0.6) is 5.75 Å². The third-order valence-electron chi connectivity index (χ3n) is 3.80. The van der Waals surface area contributed by atoms with Crippen molar-refractivity contribution in [3.63, 3.8) is 0 Å². The van der Waals surface area contributed by atoms with Crippen LogP contribution < -0.4 is 4.74 Å². The molecule has 2 rings (SSSR count). The lowest BCUT2D eigenvalue weighted by atomic mass is 9.91. The van der Waals surface area contributed by atoms with Gasteiger partial charge in [0.2, 0.25) is 0 Å². The van der Waals surface area contributed by atoms with Crippen LogP contribution >= 0.6 is 15.9 Å². The maximum absolute atomic E-state index is 12.3. The fourth-order valence-corrected chi connectivity index (χ4v) is 2.93.